The summed E-state index contributed by atoms with van der Waals surface area (Å²) < 4.78 is 31.9. The first-order valence-electron chi connectivity index (χ1n) is 10.5. The highest BCUT2D eigenvalue weighted by Crippen LogP contribution is 2.32. The Morgan fingerprint density at radius 1 is 1.00 bits per heavy atom. The van der Waals surface area contributed by atoms with E-state index in [1.54, 1.807) is 24.3 Å². The van der Waals surface area contributed by atoms with Gasteiger partial charge >= 0.3 is 0 Å². The lowest BCUT2D eigenvalue weighted by Crippen LogP contribution is -2.31. The van der Waals surface area contributed by atoms with E-state index in [9.17, 15) is 13.2 Å². The van der Waals surface area contributed by atoms with Crippen LogP contribution in [0.2, 0.25) is 5.02 Å². The highest BCUT2D eigenvalue weighted by molar-refractivity contribution is 7.92. The first-order chi connectivity index (χ1) is 15.6. The molecule has 0 radical (unpaired) electrons. The Kier molecular flexibility index (Phi) is 8.00. The third-order valence-electron chi connectivity index (χ3n) is 5.13. The molecule has 33 heavy (non-hydrogen) atoms. The molecular weight excluding hydrogens is 460 g/mol. The van der Waals surface area contributed by atoms with E-state index in [1.165, 1.54) is 10.6 Å². The molecular formula is C25H27ClN2O4S. The number of hydrogen-bond donors (Lipinski definition) is 1. The number of carbonyl (C=O) groups is 1. The summed E-state index contributed by atoms with van der Waals surface area (Å²) >= 11 is 6.11. The van der Waals surface area contributed by atoms with Crippen molar-refractivity contribution in [2.45, 2.75) is 26.7 Å². The van der Waals surface area contributed by atoms with E-state index in [0.29, 0.717) is 34.3 Å². The first-order valence-corrected chi connectivity index (χ1v) is 12.7. The molecule has 0 aliphatic carbocycles. The summed E-state index contributed by atoms with van der Waals surface area (Å²) in [4.78, 5) is 12.6. The summed E-state index contributed by atoms with van der Waals surface area (Å²) in [6.45, 7) is 4.10. The fraction of sp³-hybridized carbons (Fsp3) is 0.240. The van der Waals surface area contributed by atoms with Crippen LogP contribution in [0.15, 0.2) is 66.7 Å². The standard InChI is InChI=1S/C25H27ClN2O4S/c1-18-11-13-21(16-19(18)2)28(33(3,30)31)15-7-10-25(29)27-23-17-20(26)12-14-24(23)32-22-8-5-4-6-9-22/h4-6,8-9,11-14,16-17H,7,10,15H2,1-3H3,(H,27,29). The number of carbonyl (C=O) groups excluding carboxylic acids is 1. The molecule has 6 nitrogen and oxygen atoms in total. The van der Waals surface area contributed by atoms with Gasteiger partial charge in [0.25, 0.3) is 0 Å². The molecule has 0 heterocycles. The Balaban J connectivity index is 1.66. The number of anilines is 2. The minimum atomic E-state index is -3.49. The number of nitrogens with one attached hydrogen (secondary N) is 1. The van der Waals surface area contributed by atoms with Crippen LogP contribution in [0.1, 0.15) is 24.0 Å². The number of rotatable bonds is 9. The second-order valence-corrected chi connectivity index (χ2v) is 10.2. The van der Waals surface area contributed by atoms with E-state index in [4.69, 9.17) is 16.3 Å². The van der Waals surface area contributed by atoms with Gasteiger partial charge in [-0.25, -0.2) is 8.42 Å². The molecule has 0 atom stereocenters. The fourth-order valence-corrected chi connectivity index (χ4v) is 4.40. The van der Waals surface area contributed by atoms with Gasteiger partial charge < -0.3 is 10.1 Å². The molecule has 0 aromatic heterocycles. The Bertz CT molecular complexity index is 1230. The molecule has 0 saturated heterocycles. The van der Waals surface area contributed by atoms with Crippen molar-refractivity contribution in [3.8, 4) is 11.5 Å². The van der Waals surface area contributed by atoms with Crippen molar-refractivity contribution in [1.29, 1.82) is 0 Å². The molecule has 1 N–H and O–H groups in total. The third-order valence-corrected chi connectivity index (χ3v) is 6.56. The third kappa shape index (κ3) is 6.97. The molecule has 3 rings (SSSR count). The molecule has 3 aromatic rings. The Morgan fingerprint density at radius 2 is 1.73 bits per heavy atom. The van der Waals surface area contributed by atoms with Crippen LogP contribution in [-0.2, 0) is 14.8 Å². The summed E-state index contributed by atoms with van der Waals surface area (Å²) in [7, 11) is -3.49. The van der Waals surface area contributed by atoms with Crippen LogP contribution < -0.4 is 14.4 Å². The van der Waals surface area contributed by atoms with Gasteiger partial charge in [0.1, 0.15) is 5.75 Å². The highest BCUT2D eigenvalue weighted by Gasteiger charge is 2.18. The molecule has 0 spiro atoms. The molecule has 0 bridgehead atoms. The van der Waals surface area contributed by atoms with Gasteiger partial charge in [-0.1, -0.05) is 35.9 Å². The number of sulfonamides is 1. The molecule has 0 aliphatic rings. The Hall–Kier alpha value is -3.03. The topological polar surface area (TPSA) is 75.7 Å². The predicted molar refractivity (Wildman–Crippen MR) is 134 cm³/mol. The summed E-state index contributed by atoms with van der Waals surface area (Å²) in [5.74, 6) is 0.836. The molecule has 174 valence electrons. The Morgan fingerprint density at radius 3 is 2.39 bits per heavy atom. The van der Waals surface area contributed by atoms with Crippen molar-refractivity contribution in [2.75, 3.05) is 22.4 Å². The lowest BCUT2D eigenvalue weighted by Gasteiger charge is -2.23. The average molecular weight is 487 g/mol. The van der Waals surface area contributed by atoms with E-state index in [1.807, 2.05) is 56.3 Å². The van der Waals surface area contributed by atoms with Crippen molar-refractivity contribution in [3.05, 3.63) is 82.9 Å². The number of nitrogens with zero attached hydrogens (tertiary/aromatic N) is 1. The lowest BCUT2D eigenvalue weighted by atomic mass is 10.1. The smallest absolute Gasteiger partial charge is 0.232 e. The van der Waals surface area contributed by atoms with E-state index in [0.717, 1.165) is 11.1 Å². The van der Waals surface area contributed by atoms with Gasteiger partial charge in [0.15, 0.2) is 5.75 Å². The first kappa shape index (κ1) is 24.6. The maximum absolute atomic E-state index is 12.6. The zero-order valence-corrected chi connectivity index (χ0v) is 20.4. The monoisotopic (exact) mass is 486 g/mol. The second kappa shape index (κ2) is 10.7. The van der Waals surface area contributed by atoms with Gasteiger partial charge in [-0.3, -0.25) is 9.10 Å². The van der Waals surface area contributed by atoms with E-state index >= 15 is 0 Å². The summed E-state index contributed by atoms with van der Waals surface area (Å²) in [6, 6.07) is 19.7. The summed E-state index contributed by atoms with van der Waals surface area (Å²) in [6.07, 6.45) is 1.65. The number of benzene rings is 3. The maximum atomic E-state index is 12.6. The minimum absolute atomic E-state index is 0.133. The maximum Gasteiger partial charge on any atom is 0.232 e. The second-order valence-electron chi connectivity index (χ2n) is 7.81. The van der Waals surface area contributed by atoms with E-state index in [-0.39, 0.29) is 18.9 Å². The van der Waals surface area contributed by atoms with Crippen LogP contribution in [0.25, 0.3) is 0 Å². The van der Waals surface area contributed by atoms with Gasteiger partial charge in [0.2, 0.25) is 15.9 Å². The molecule has 0 unspecified atom stereocenters. The zero-order valence-electron chi connectivity index (χ0n) is 18.8. The molecule has 1 amide bonds. The summed E-state index contributed by atoms with van der Waals surface area (Å²) in [5.41, 5.74) is 3.13. The minimum Gasteiger partial charge on any atom is -0.455 e. The van der Waals surface area contributed by atoms with Crippen LogP contribution in [0.4, 0.5) is 11.4 Å². The predicted octanol–water partition coefficient (Wildman–Crippen LogP) is 5.93. The van der Waals surface area contributed by atoms with Crippen LogP contribution in [0.3, 0.4) is 0 Å². The number of aryl methyl sites for hydroxylation is 2. The largest absolute Gasteiger partial charge is 0.455 e. The van der Waals surface area contributed by atoms with E-state index in [2.05, 4.69) is 5.32 Å². The number of amides is 1. The van der Waals surface area contributed by atoms with Gasteiger partial charge in [0.05, 0.1) is 17.6 Å². The van der Waals surface area contributed by atoms with Crippen LogP contribution >= 0.6 is 11.6 Å². The zero-order chi connectivity index (χ0) is 24.0. The van der Waals surface area contributed by atoms with Gasteiger partial charge in [-0.05, 0) is 73.9 Å². The SMILES string of the molecule is Cc1ccc(N(CCCC(=O)Nc2cc(Cl)ccc2Oc2ccccc2)S(C)(=O)=O)cc1C. The fourth-order valence-electron chi connectivity index (χ4n) is 3.27. The molecule has 3 aromatic carbocycles. The van der Waals surface area contributed by atoms with Crippen molar-refractivity contribution >= 4 is 38.9 Å². The molecule has 0 aliphatic heterocycles. The molecule has 8 heteroatoms. The quantitative estimate of drug-likeness (QED) is 0.406. The van der Waals surface area contributed by atoms with Gasteiger partial charge in [-0.2, -0.15) is 0 Å². The van der Waals surface area contributed by atoms with Gasteiger partial charge in [0, 0.05) is 18.0 Å². The lowest BCUT2D eigenvalue weighted by molar-refractivity contribution is -0.116. The number of hydrogen-bond acceptors (Lipinski definition) is 4. The van der Waals surface area contributed by atoms with Crippen LogP contribution in [0.5, 0.6) is 11.5 Å². The van der Waals surface area contributed by atoms with Crippen molar-refractivity contribution < 1.29 is 17.9 Å². The van der Waals surface area contributed by atoms with Crippen molar-refractivity contribution in [2.24, 2.45) is 0 Å². The number of halogens is 1. The van der Waals surface area contributed by atoms with E-state index < -0.39 is 10.0 Å². The average Bonchev–Trinajstić information content (AvgIpc) is 2.75. The number of ether oxygens (including phenoxy) is 1. The summed E-state index contributed by atoms with van der Waals surface area (Å²) in [5, 5.41) is 3.29. The van der Waals surface area contributed by atoms with Crippen LogP contribution in [0, 0.1) is 13.8 Å². The van der Waals surface area contributed by atoms with Gasteiger partial charge in [-0.15, -0.1) is 0 Å². The Labute approximate surface area is 200 Å². The normalized spacial score (nSPS) is 11.2. The van der Waals surface area contributed by atoms with Crippen LogP contribution in [-0.4, -0.2) is 27.1 Å². The highest BCUT2D eigenvalue weighted by atomic mass is 35.5. The molecule has 0 saturated carbocycles. The molecule has 0 fully saturated rings. The van der Waals surface area contributed by atoms with Crippen molar-refractivity contribution in [1.82, 2.24) is 0 Å². The van der Waals surface area contributed by atoms with Crippen molar-refractivity contribution in [3.63, 3.8) is 0 Å². The number of para-hydroxylation sites is 1.